The van der Waals surface area contributed by atoms with Crippen LogP contribution in [0.1, 0.15) is 0 Å². The first-order chi connectivity index (χ1) is 6.45. The van der Waals surface area contributed by atoms with Crippen molar-refractivity contribution in [2.24, 2.45) is 0 Å². The van der Waals surface area contributed by atoms with Crippen molar-refractivity contribution >= 4 is 16.6 Å². The molecule has 0 saturated heterocycles. The fraction of sp³-hybridized carbons (Fsp3) is 0. The Kier molecular flexibility index (Phi) is 1.19. The summed E-state index contributed by atoms with van der Waals surface area (Å²) in [5.74, 6) is 0. The van der Waals surface area contributed by atoms with E-state index in [1.54, 1.807) is 0 Å². The van der Waals surface area contributed by atoms with E-state index in [0.29, 0.717) is 0 Å². The van der Waals surface area contributed by atoms with E-state index in [4.69, 9.17) is 0 Å². The molecule has 3 rings (SSSR count). The van der Waals surface area contributed by atoms with Gasteiger partial charge >= 0.3 is 0 Å². The molecule has 0 N–H and O–H groups in total. The molecule has 2 nitrogen and oxygen atoms in total. The molecule has 0 saturated carbocycles. The van der Waals surface area contributed by atoms with Gasteiger partial charge in [0.2, 0.25) is 0 Å². The van der Waals surface area contributed by atoms with Gasteiger partial charge in [0.1, 0.15) is 0 Å². The summed E-state index contributed by atoms with van der Waals surface area (Å²) in [6.45, 7) is 0. The van der Waals surface area contributed by atoms with Crippen LogP contribution in [0.2, 0.25) is 0 Å². The van der Waals surface area contributed by atoms with Gasteiger partial charge in [-0.1, -0.05) is 6.07 Å². The number of aromatic nitrogens is 2. The Balaban J connectivity index is 2.64. The standard InChI is InChI=1S/C11H8N2/c1-2-7-13-9(4-1)8-10-11(13)5-3-6-12-10/h1-8H. The topological polar surface area (TPSA) is 17.3 Å². The molecule has 3 heterocycles. The van der Waals surface area contributed by atoms with Crippen LogP contribution in [0.3, 0.4) is 0 Å². The van der Waals surface area contributed by atoms with Gasteiger partial charge in [-0.2, -0.15) is 0 Å². The van der Waals surface area contributed by atoms with E-state index >= 15 is 0 Å². The second kappa shape index (κ2) is 2.33. The lowest BCUT2D eigenvalue weighted by Crippen LogP contribution is -1.80. The minimum Gasteiger partial charge on any atom is -0.315 e. The largest absolute Gasteiger partial charge is 0.315 e. The quantitative estimate of drug-likeness (QED) is 0.504. The molecule has 0 atom stereocenters. The van der Waals surface area contributed by atoms with E-state index in [1.165, 1.54) is 5.52 Å². The first kappa shape index (κ1) is 6.66. The Hall–Kier alpha value is -1.83. The van der Waals surface area contributed by atoms with E-state index in [9.17, 15) is 0 Å². The van der Waals surface area contributed by atoms with Crippen LogP contribution in [-0.2, 0) is 0 Å². The van der Waals surface area contributed by atoms with Gasteiger partial charge in [-0.15, -0.1) is 0 Å². The molecule has 2 heteroatoms. The van der Waals surface area contributed by atoms with Gasteiger partial charge in [0.05, 0.1) is 11.0 Å². The Morgan fingerprint density at radius 1 is 1.08 bits per heavy atom. The molecule has 0 spiro atoms. The van der Waals surface area contributed by atoms with Crippen molar-refractivity contribution in [3.63, 3.8) is 0 Å². The van der Waals surface area contributed by atoms with Crippen LogP contribution in [0.4, 0.5) is 0 Å². The van der Waals surface area contributed by atoms with Crippen LogP contribution in [-0.4, -0.2) is 9.38 Å². The lowest BCUT2D eigenvalue weighted by atomic mass is 10.4. The third-order valence-corrected chi connectivity index (χ3v) is 2.25. The molecule has 0 aliphatic rings. The van der Waals surface area contributed by atoms with E-state index in [0.717, 1.165) is 11.0 Å². The third kappa shape index (κ3) is 0.855. The van der Waals surface area contributed by atoms with Gasteiger partial charge in [0, 0.05) is 17.9 Å². The normalized spacial score (nSPS) is 11.1. The molecule has 0 amide bonds. The Bertz CT molecular complexity index is 516. The zero-order chi connectivity index (χ0) is 8.67. The molecule has 13 heavy (non-hydrogen) atoms. The minimum atomic E-state index is 1.05. The summed E-state index contributed by atoms with van der Waals surface area (Å²) in [4.78, 5) is 4.30. The van der Waals surface area contributed by atoms with Crippen LogP contribution in [0, 0.1) is 0 Å². The predicted molar refractivity (Wildman–Crippen MR) is 52.7 cm³/mol. The molecule has 3 aromatic heterocycles. The smallest absolute Gasteiger partial charge is 0.0890 e. The maximum absolute atomic E-state index is 4.30. The first-order valence-electron chi connectivity index (χ1n) is 4.26. The van der Waals surface area contributed by atoms with Gasteiger partial charge in [0.25, 0.3) is 0 Å². The molecule has 0 unspecified atom stereocenters. The zero-order valence-electron chi connectivity index (χ0n) is 7.01. The van der Waals surface area contributed by atoms with Gasteiger partial charge in [-0.25, -0.2) is 0 Å². The Morgan fingerprint density at radius 3 is 3.08 bits per heavy atom. The molecule has 0 aliphatic heterocycles. The lowest BCUT2D eigenvalue weighted by Gasteiger charge is -1.93. The molecule has 0 aromatic carbocycles. The van der Waals surface area contributed by atoms with E-state index in [1.807, 2.05) is 24.4 Å². The second-order valence-electron chi connectivity index (χ2n) is 3.05. The first-order valence-corrected chi connectivity index (χ1v) is 4.26. The van der Waals surface area contributed by atoms with Crippen molar-refractivity contribution in [1.82, 2.24) is 9.38 Å². The van der Waals surface area contributed by atoms with Crippen LogP contribution in [0.15, 0.2) is 48.8 Å². The number of hydrogen-bond donors (Lipinski definition) is 0. The summed E-state index contributed by atoms with van der Waals surface area (Å²) in [5.41, 5.74) is 3.41. The maximum atomic E-state index is 4.30. The Labute approximate surface area is 75.5 Å². The molecular formula is C11H8N2. The van der Waals surface area contributed by atoms with Crippen molar-refractivity contribution < 1.29 is 0 Å². The highest BCUT2D eigenvalue weighted by Crippen LogP contribution is 2.16. The van der Waals surface area contributed by atoms with Crippen molar-refractivity contribution in [1.29, 1.82) is 0 Å². The highest BCUT2D eigenvalue weighted by Gasteiger charge is 1.99. The van der Waals surface area contributed by atoms with Gasteiger partial charge in [-0.05, 0) is 30.3 Å². The average Bonchev–Trinajstić information content (AvgIpc) is 2.56. The summed E-state index contributed by atoms with van der Waals surface area (Å²) in [6.07, 6.45) is 3.88. The molecular weight excluding hydrogens is 160 g/mol. The SMILES string of the molecule is c1ccn2c(c1)cc1ncccc12. The van der Waals surface area contributed by atoms with Crippen molar-refractivity contribution in [3.8, 4) is 0 Å². The summed E-state index contributed by atoms with van der Waals surface area (Å²) in [6, 6.07) is 12.3. The third-order valence-electron chi connectivity index (χ3n) is 2.25. The van der Waals surface area contributed by atoms with Crippen LogP contribution in [0.25, 0.3) is 16.6 Å². The van der Waals surface area contributed by atoms with Crippen molar-refractivity contribution in [2.45, 2.75) is 0 Å². The molecule has 3 aromatic rings. The predicted octanol–water partition coefficient (Wildman–Crippen LogP) is 2.49. The number of fused-ring (bicyclic) bond motifs is 3. The van der Waals surface area contributed by atoms with Crippen molar-refractivity contribution in [3.05, 3.63) is 48.8 Å². The fourth-order valence-electron chi connectivity index (χ4n) is 1.66. The Morgan fingerprint density at radius 2 is 2.08 bits per heavy atom. The fourth-order valence-corrected chi connectivity index (χ4v) is 1.66. The monoisotopic (exact) mass is 168 g/mol. The lowest BCUT2D eigenvalue weighted by molar-refractivity contribution is 1.25. The minimum absolute atomic E-state index is 1.05. The number of nitrogens with zero attached hydrogens (tertiary/aromatic N) is 2. The number of pyridine rings is 2. The average molecular weight is 168 g/mol. The van der Waals surface area contributed by atoms with E-state index in [-0.39, 0.29) is 0 Å². The number of hydrogen-bond acceptors (Lipinski definition) is 1. The van der Waals surface area contributed by atoms with Gasteiger partial charge in [-0.3, -0.25) is 4.98 Å². The molecule has 0 fully saturated rings. The highest BCUT2D eigenvalue weighted by atomic mass is 14.9. The molecule has 0 aliphatic carbocycles. The van der Waals surface area contributed by atoms with E-state index < -0.39 is 0 Å². The summed E-state index contributed by atoms with van der Waals surface area (Å²) < 4.78 is 2.14. The molecule has 0 radical (unpaired) electrons. The summed E-state index contributed by atoms with van der Waals surface area (Å²) in [7, 11) is 0. The number of rotatable bonds is 0. The van der Waals surface area contributed by atoms with Crippen LogP contribution >= 0.6 is 0 Å². The van der Waals surface area contributed by atoms with E-state index in [2.05, 4.69) is 33.8 Å². The maximum Gasteiger partial charge on any atom is 0.0890 e. The van der Waals surface area contributed by atoms with Crippen LogP contribution < -0.4 is 0 Å². The summed E-state index contributed by atoms with van der Waals surface area (Å²) in [5, 5.41) is 0. The highest BCUT2D eigenvalue weighted by molar-refractivity contribution is 5.83. The van der Waals surface area contributed by atoms with Crippen LogP contribution in [0.5, 0.6) is 0 Å². The zero-order valence-corrected chi connectivity index (χ0v) is 7.01. The molecule has 62 valence electrons. The molecule has 0 bridgehead atoms. The second-order valence-corrected chi connectivity index (χ2v) is 3.05. The van der Waals surface area contributed by atoms with Crippen molar-refractivity contribution in [2.75, 3.05) is 0 Å². The summed E-state index contributed by atoms with van der Waals surface area (Å²) >= 11 is 0. The van der Waals surface area contributed by atoms with Gasteiger partial charge < -0.3 is 4.40 Å². The van der Waals surface area contributed by atoms with Gasteiger partial charge in [0.15, 0.2) is 0 Å².